The van der Waals surface area contributed by atoms with Crippen LogP contribution < -0.4 is 5.32 Å². The molecule has 1 fully saturated rings. The van der Waals surface area contributed by atoms with Gasteiger partial charge in [-0.05, 0) is 13.3 Å². The number of thiazole rings is 1. The number of nitriles is 1. The molecule has 2 unspecified atom stereocenters. The van der Waals surface area contributed by atoms with E-state index >= 15 is 0 Å². The van der Waals surface area contributed by atoms with E-state index in [9.17, 15) is 0 Å². The fourth-order valence-electron chi connectivity index (χ4n) is 2.20. The van der Waals surface area contributed by atoms with Gasteiger partial charge in [-0.25, -0.2) is 4.98 Å². The summed E-state index contributed by atoms with van der Waals surface area (Å²) in [5, 5.41) is 13.2. The maximum atomic E-state index is 8.84. The van der Waals surface area contributed by atoms with Gasteiger partial charge in [0.25, 0.3) is 0 Å². The minimum Gasteiger partial charge on any atom is -0.378 e. The Labute approximate surface area is 116 Å². The van der Waals surface area contributed by atoms with Crippen LogP contribution in [0.25, 0.3) is 0 Å². The van der Waals surface area contributed by atoms with Gasteiger partial charge in [-0.3, -0.25) is 0 Å². The highest BCUT2D eigenvalue weighted by atomic mass is 35.5. The van der Waals surface area contributed by atoms with Gasteiger partial charge in [0.1, 0.15) is 10.9 Å². The van der Waals surface area contributed by atoms with Gasteiger partial charge in [0, 0.05) is 18.1 Å². The van der Waals surface area contributed by atoms with Crippen LogP contribution in [-0.4, -0.2) is 23.7 Å². The predicted molar refractivity (Wildman–Crippen MR) is 73.1 cm³/mol. The Morgan fingerprint density at radius 2 is 2.39 bits per heavy atom. The lowest BCUT2D eigenvalue weighted by Crippen LogP contribution is -2.58. The summed E-state index contributed by atoms with van der Waals surface area (Å²) < 4.78 is 5.68. The molecular formula is C12H16ClN3OS. The van der Waals surface area contributed by atoms with Crippen molar-refractivity contribution in [2.75, 3.05) is 11.9 Å². The third-order valence-corrected chi connectivity index (χ3v) is 4.81. The molecule has 4 nitrogen and oxygen atoms in total. The van der Waals surface area contributed by atoms with E-state index in [1.165, 1.54) is 11.3 Å². The van der Waals surface area contributed by atoms with Crippen molar-refractivity contribution in [2.24, 2.45) is 5.41 Å². The first-order chi connectivity index (χ1) is 8.48. The average molecular weight is 286 g/mol. The number of nitrogens with one attached hydrogen (secondary N) is 1. The number of ether oxygens (including phenoxy) is 1. The topological polar surface area (TPSA) is 57.9 Å². The Bertz CT molecular complexity index is 480. The smallest absolute Gasteiger partial charge is 0.185 e. The van der Waals surface area contributed by atoms with E-state index in [0.717, 1.165) is 13.0 Å². The summed E-state index contributed by atoms with van der Waals surface area (Å²) in [5.74, 6) is 0. The zero-order valence-corrected chi connectivity index (χ0v) is 12.2. The summed E-state index contributed by atoms with van der Waals surface area (Å²) in [4.78, 5) is 4.61. The van der Waals surface area contributed by atoms with Crippen LogP contribution in [0.15, 0.2) is 0 Å². The summed E-state index contributed by atoms with van der Waals surface area (Å²) in [6.45, 7) is 7.10. The van der Waals surface area contributed by atoms with Crippen molar-refractivity contribution >= 4 is 28.1 Å². The fourth-order valence-corrected chi connectivity index (χ4v) is 3.20. The lowest BCUT2D eigenvalue weighted by molar-refractivity contribution is -0.0975. The number of hydrogen-bond acceptors (Lipinski definition) is 5. The molecule has 1 saturated carbocycles. The molecule has 18 heavy (non-hydrogen) atoms. The predicted octanol–water partition coefficient (Wildman–Crippen LogP) is 3.28. The van der Waals surface area contributed by atoms with Crippen LogP contribution in [0.1, 0.15) is 32.1 Å². The molecule has 1 aliphatic rings. The summed E-state index contributed by atoms with van der Waals surface area (Å²) in [5.41, 5.74) is 0.0704. The molecule has 98 valence electrons. The zero-order valence-electron chi connectivity index (χ0n) is 10.7. The van der Waals surface area contributed by atoms with E-state index in [4.69, 9.17) is 21.6 Å². The van der Waals surface area contributed by atoms with E-state index in [2.05, 4.69) is 24.1 Å². The molecule has 1 heterocycles. The normalized spacial score (nSPS) is 25.3. The van der Waals surface area contributed by atoms with Gasteiger partial charge < -0.3 is 10.1 Å². The number of rotatable bonds is 4. The zero-order chi connectivity index (χ0) is 13.3. The van der Waals surface area contributed by atoms with Crippen molar-refractivity contribution in [3.8, 4) is 6.07 Å². The molecule has 0 bridgehead atoms. The molecule has 0 aromatic carbocycles. The van der Waals surface area contributed by atoms with Gasteiger partial charge in [-0.1, -0.05) is 36.8 Å². The van der Waals surface area contributed by atoms with Gasteiger partial charge in [0.05, 0.1) is 6.10 Å². The highest BCUT2D eigenvalue weighted by molar-refractivity contribution is 7.16. The Morgan fingerprint density at radius 3 is 2.89 bits per heavy atom. The standard InChI is InChI=1S/C12H16ClN3OS/c1-4-17-9-5-8(12(9,2)3)15-11-16-10(13)7(6-14)18-11/h8-9H,4-5H2,1-3H3,(H,15,16). The van der Waals surface area contributed by atoms with Gasteiger partial charge in [-0.2, -0.15) is 5.26 Å². The molecule has 0 amide bonds. The van der Waals surface area contributed by atoms with Gasteiger partial charge in [0.15, 0.2) is 10.3 Å². The van der Waals surface area contributed by atoms with Crippen molar-refractivity contribution in [2.45, 2.75) is 39.3 Å². The monoisotopic (exact) mass is 285 g/mol. The van der Waals surface area contributed by atoms with Crippen LogP contribution in [0.4, 0.5) is 5.13 Å². The minimum absolute atomic E-state index is 0.0704. The molecule has 0 saturated heterocycles. The molecule has 1 aromatic heterocycles. The fraction of sp³-hybridized carbons (Fsp3) is 0.667. The van der Waals surface area contributed by atoms with Crippen molar-refractivity contribution in [1.29, 1.82) is 5.26 Å². The second-order valence-corrected chi connectivity index (χ2v) is 6.31. The van der Waals surface area contributed by atoms with Crippen LogP contribution in [0.3, 0.4) is 0 Å². The maximum Gasteiger partial charge on any atom is 0.185 e. The molecule has 0 radical (unpaired) electrons. The number of hydrogen-bond donors (Lipinski definition) is 1. The first-order valence-electron chi connectivity index (χ1n) is 5.93. The summed E-state index contributed by atoms with van der Waals surface area (Å²) in [7, 11) is 0. The molecule has 6 heteroatoms. The largest absolute Gasteiger partial charge is 0.378 e. The third-order valence-electron chi connectivity index (χ3n) is 3.53. The molecule has 0 spiro atoms. The molecular weight excluding hydrogens is 270 g/mol. The first kappa shape index (κ1) is 13.6. The quantitative estimate of drug-likeness (QED) is 0.922. The lowest BCUT2D eigenvalue weighted by Gasteiger charge is -2.51. The number of aromatic nitrogens is 1. The number of nitrogens with zero attached hydrogens (tertiary/aromatic N) is 2. The SMILES string of the molecule is CCOC1CC(Nc2nc(Cl)c(C#N)s2)C1(C)C. The van der Waals surface area contributed by atoms with Crippen molar-refractivity contribution < 1.29 is 4.74 Å². The van der Waals surface area contributed by atoms with Crippen LogP contribution in [0, 0.1) is 16.7 Å². The van der Waals surface area contributed by atoms with Crippen LogP contribution >= 0.6 is 22.9 Å². The van der Waals surface area contributed by atoms with Crippen LogP contribution in [0.2, 0.25) is 5.15 Å². The van der Waals surface area contributed by atoms with Gasteiger partial charge in [-0.15, -0.1) is 0 Å². The first-order valence-corrected chi connectivity index (χ1v) is 7.13. The van der Waals surface area contributed by atoms with Gasteiger partial charge >= 0.3 is 0 Å². The highest BCUT2D eigenvalue weighted by Crippen LogP contribution is 2.44. The van der Waals surface area contributed by atoms with E-state index < -0.39 is 0 Å². The minimum atomic E-state index is 0.0704. The summed E-state index contributed by atoms with van der Waals surface area (Å²) >= 11 is 7.15. The lowest BCUT2D eigenvalue weighted by atomic mass is 9.64. The van der Waals surface area contributed by atoms with E-state index in [0.29, 0.717) is 16.1 Å². The third kappa shape index (κ3) is 2.33. The molecule has 1 N–H and O–H groups in total. The van der Waals surface area contributed by atoms with E-state index in [-0.39, 0.29) is 16.7 Å². The van der Waals surface area contributed by atoms with Crippen LogP contribution in [0.5, 0.6) is 0 Å². The molecule has 2 rings (SSSR count). The molecule has 1 aromatic rings. The average Bonchev–Trinajstić information content (AvgIpc) is 2.68. The molecule has 1 aliphatic carbocycles. The number of halogens is 1. The Morgan fingerprint density at radius 1 is 1.67 bits per heavy atom. The van der Waals surface area contributed by atoms with Crippen molar-refractivity contribution in [3.05, 3.63) is 10.0 Å². The molecule has 0 aliphatic heterocycles. The Kier molecular flexibility index (Phi) is 3.81. The van der Waals surface area contributed by atoms with E-state index in [1.807, 2.05) is 13.0 Å². The summed E-state index contributed by atoms with van der Waals surface area (Å²) in [6, 6.07) is 2.34. The van der Waals surface area contributed by atoms with E-state index in [1.54, 1.807) is 0 Å². The van der Waals surface area contributed by atoms with Crippen molar-refractivity contribution in [1.82, 2.24) is 4.98 Å². The van der Waals surface area contributed by atoms with Gasteiger partial charge in [0.2, 0.25) is 0 Å². The second kappa shape index (κ2) is 5.04. The maximum absolute atomic E-state index is 8.84. The Balaban J connectivity index is 2.01. The second-order valence-electron chi connectivity index (χ2n) is 4.95. The highest BCUT2D eigenvalue weighted by Gasteiger charge is 2.49. The molecule has 2 atom stereocenters. The number of anilines is 1. The van der Waals surface area contributed by atoms with Crippen LogP contribution in [-0.2, 0) is 4.74 Å². The van der Waals surface area contributed by atoms with Crippen molar-refractivity contribution in [3.63, 3.8) is 0 Å². The Hall–Kier alpha value is -0.830. The summed E-state index contributed by atoms with van der Waals surface area (Å²) in [6.07, 6.45) is 1.24.